The summed E-state index contributed by atoms with van der Waals surface area (Å²) < 4.78 is 37.8. The zero-order valence-electron chi connectivity index (χ0n) is 47.6. The molecule has 6 atom stereocenters. The van der Waals surface area contributed by atoms with Crippen LogP contribution in [0.4, 0.5) is 0 Å². The number of rotatable bonds is 24. The van der Waals surface area contributed by atoms with E-state index in [2.05, 4.69) is 74.2 Å². The molecule has 0 bridgehead atoms. The molecular formula is C58H80N4O14. The number of carboxylic acids is 1. The van der Waals surface area contributed by atoms with Crippen molar-refractivity contribution in [2.75, 3.05) is 27.8 Å². The number of amides is 2. The number of esters is 3. The van der Waals surface area contributed by atoms with E-state index < -0.39 is 73.5 Å². The molecule has 2 N–H and O–H groups in total. The number of aromatic nitrogens is 2. The summed E-state index contributed by atoms with van der Waals surface area (Å²) in [5, 5.41) is 12.6. The smallest absolute Gasteiger partial charge is 0.328 e. The number of methoxy groups -OCH3 is 2. The highest BCUT2D eigenvalue weighted by atomic mass is 16.7. The van der Waals surface area contributed by atoms with Gasteiger partial charge >= 0.3 is 23.9 Å². The zero-order chi connectivity index (χ0) is 57.3. The van der Waals surface area contributed by atoms with E-state index in [4.69, 9.17) is 33.2 Å². The van der Waals surface area contributed by atoms with Crippen LogP contribution in [-0.4, -0.2) is 108 Å². The summed E-state index contributed by atoms with van der Waals surface area (Å²) in [7, 11) is 2.82. The van der Waals surface area contributed by atoms with Crippen LogP contribution < -0.4 is 24.3 Å². The standard InChI is InChI=1S/2C29H40N2O7/c1-16(2)24(22-11-10-18(5)14-19(22)6)21(8)38-29(34)20(7)31-27(32)25-26(23(35-9)12-13-30-25)36-15-37-28(33)17(3)4;1-16(2)24(22-11-10-18(5)14-19(22)6)20(7)31(21(8)28(33)34)27(32)25-26(23(36-9)12-13-30-25)37-15-38-29(35)17(3)4/h10-14,16-17,20-21,24H,15H2,1-9H3,(H,31,32);10-14,16-17,20-21,24H,15H2,1-9H3,(H,33,34)/t20-,21-,24+;20?,21-,24+/m00/s1. The van der Waals surface area contributed by atoms with Gasteiger partial charge in [-0.15, -0.1) is 0 Å². The van der Waals surface area contributed by atoms with Crippen LogP contribution in [0.25, 0.3) is 0 Å². The number of ether oxygens (including phenoxy) is 7. The predicted octanol–water partition coefficient (Wildman–Crippen LogP) is 9.72. The van der Waals surface area contributed by atoms with Gasteiger partial charge < -0.3 is 48.5 Å². The molecule has 0 spiro atoms. The van der Waals surface area contributed by atoms with Crippen molar-refractivity contribution >= 4 is 35.7 Å². The van der Waals surface area contributed by atoms with Crippen LogP contribution in [0, 0.1) is 51.4 Å². The summed E-state index contributed by atoms with van der Waals surface area (Å²) in [6.45, 7) is 29.0. The summed E-state index contributed by atoms with van der Waals surface area (Å²) in [4.78, 5) is 85.6. The predicted molar refractivity (Wildman–Crippen MR) is 287 cm³/mol. The second-order valence-corrected chi connectivity index (χ2v) is 20.2. The Balaban J connectivity index is 0.000000400. The zero-order valence-corrected chi connectivity index (χ0v) is 47.6. The number of carbonyl (C=O) groups excluding carboxylic acids is 5. The van der Waals surface area contributed by atoms with E-state index >= 15 is 0 Å². The Morgan fingerprint density at radius 3 is 1.43 bits per heavy atom. The first-order chi connectivity index (χ1) is 35.7. The van der Waals surface area contributed by atoms with Crippen molar-refractivity contribution in [2.24, 2.45) is 23.7 Å². The Labute approximate surface area is 448 Å². The maximum Gasteiger partial charge on any atom is 0.328 e. The van der Waals surface area contributed by atoms with E-state index in [1.54, 1.807) is 34.6 Å². The lowest BCUT2D eigenvalue weighted by Gasteiger charge is -2.39. The topological polar surface area (TPSA) is 228 Å². The molecule has 18 nitrogen and oxygen atoms in total. The normalized spacial score (nSPS) is 13.5. The minimum Gasteiger partial charge on any atom is -0.493 e. The molecule has 0 saturated carbocycles. The summed E-state index contributed by atoms with van der Waals surface area (Å²) >= 11 is 0. The van der Waals surface area contributed by atoms with Crippen molar-refractivity contribution in [3.05, 3.63) is 106 Å². The van der Waals surface area contributed by atoms with Crippen molar-refractivity contribution < 1.29 is 67.0 Å². The fourth-order valence-corrected chi connectivity index (χ4v) is 8.94. The molecule has 0 fully saturated rings. The van der Waals surface area contributed by atoms with Gasteiger partial charge in [-0.25, -0.2) is 19.6 Å². The van der Waals surface area contributed by atoms with Gasteiger partial charge in [-0.2, -0.15) is 0 Å². The van der Waals surface area contributed by atoms with E-state index in [1.807, 2.05) is 46.8 Å². The van der Waals surface area contributed by atoms with E-state index in [0.29, 0.717) is 0 Å². The van der Waals surface area contributed by atoms with Gasteiger partial charge in [-0.3, -0.25) is 19.2 Å². The second kappa shape index (κ2) is 29.2. The van der Waals surface area contributed by atoms with E-state index in [0.717, 1.165) is 27.8 Å². The molecule has 2 amide bonds. The minimum absolute atomic E-state index is 0.00675. The number of aryl methyl sites for hydroxylation is 4. The average Bonchev–Trinajstić information content (AvgIpc) is 3.35. The number of aliphatic carboxylic acids is 1. The Hall–Kier alpha value is -7.24. The third-order valence-corrected chi connectivity index (χ3v) is 12.8. The van der Waals surface area contributed by atoms with Crippen LogP contribution in [-0.2, 0) is 33.4 Å². The van der Waals surface area contributed by atoms with Crippen LogP contribution in [0.3, 0.4) is 0 Å². The quantitative estimate of drug-likeness (QED) is 0.0378. The molecule has 0 radical (unpaired) electrons. The lowest BCUT2D eigenvalue weighted by atomic mass is 9.79. The van der Waals surface area contributed by atoms with E-state index in [9.17, 15) is 33.9 Å². The maximum atomic E-state index is 14.1. The molecule has 2 aromatic carbocycles. The molecule has 0 aliphatic rings. The first-order valence-electron chi connectivity index (χ1n) is 25.5. The SMILES string of the molecule is COc1ccnc(C(=O)N(C(C)[C@H](c2ccc(C)cc2C)C(C)C)[C@@H](C)C(=O)O)c1OCOC(=O)C(C)C.COc1ccnc(C(=O)N[C@@H](C)C(=O)O[C@@H](C)[C@H](c2ccc(C)cc2C)C(C)C)c1OCOC(=O)C(C)C. The number of hydrogen-bond acceptors (Lipinski definition) is 15. The fourth-order valence-electron chi connectivity index (χ4n) is 8.94. The van der Waals surface area contributed by atoms with Gasteiger partial charge in [-0.1, -0.05) is 103 Å². The number of nitrogens with zero attached hydrogens (tertiary/aromatic N) is 3. The Kier molecular flexibility index (Phi) is 24.2. The van der Waals surface area contributed by atoms with Crippen LogP contribution in [0.15, 0.2) is 60.9 Å². The third-order valence-electron chi connectivity index (χ3n) is 12.8. The van der Waals surface area contributed by atoms with Gasteiger partial charge in [0.15, 0.2) is 34.4 Å². The number of nitrogens with one attached hydrogen (secondary N) is 1. The van der Waals surface area contributed by atoms with Gasteiger partial charge in [0, 0.05) is 42.4 Å². The van der Waals surface area contributed by atoms with Crippen molar-refractivity contribution in [1.29, 1.82) is 0 Å². The Morgan fingerprint density at radius 2 is 1.03 bits per heavy atom. The number of hydrogen-bond donors (Lipinski definition) is 2. The first kappa shape index (κ1) is 63.1. The van der Waals surface area contributed by atoms with Gasteiger partial charge in [-0.05, 0) is 89.5 Å². The van der Waals surface area contributed by atoms with Gasteiger partial charge in [0.2, 0.25) is 13.6 Å². The molecule has 4 aromatic rings. The molecule has 0 aliphatic heterocycles. The number of carbonyl (C=O) groups is 6. The molecule has 0 saturated heterocycles. The first-order valence-corrected chi connectivity index (χ1v) is 25.5. The van der Waals surface area contributed by atoms with Crippen LogP contribution in [0.2, 0.25) is 0 Å². The van der Waals surface area contributed by atoms with Crippen molar-refractivity contribution in [3.63, 3.8) is 0 Å². The Morgan fingerprint density at radius 1 is 0.592 bits per heavy atom. The molecule has 76 heavy (non-hydrogen) atoms. The molecule has 2 aromatic heterocycles. The molecule has 1 unspecified atom stereocenters. The van der Waals surface area contributed by atoms with Crippen LogP contribution in [0.1, 0.15) is 149 Å². The van der Waals surface area contributed by atoms with Gasteiger partial charge in [0.05, 0.1) is 26.1 Å². The minimum atomic E-state index is -1.16. The number of pyridine rings is 2. The maximum absolute atomic E-state index is 14.1. The third kappa shape index (κ3) is 16.9. The van der Waals surface area contributed by atoms with Crippen molar-refractivity contribution in [3.8, 4) is 23.0 Å². The largest absolute Gasteiger partial charge is 0.493 e. The highest BCUT2D eigenvalue weighted by Crippen LogP contribution is 2.38. The summed E-state index contributed by atoms with van der Waals surface area (Å²) in [5.41, 5.74) is 6.43. The summed E-state index contributed by atoms with van der Waals surface area (Å²) in [6.07, 6.45) is 2.34. The van der Waals surface area contributed by atoms with E-state index in [1.165, 1.54) is 56.1 Å². The molecule has 18 heteroatoms. The van der Waals surface area contributed by atoms with Gasteiger partial charge in [0.1, 0.15) is 18.2 Å². The Bertz CT molecular complexity index is 2630. The van der Waals surface area contributed by atoms with Crippen molar-refractivity contribution in [2.45, 2.75) is 147 Å². The molecule has 4 rings (SSSR count). The second-order valence-electron chi connectivity index (χ2n) is 20.2. The molecule has 416 valence electrons. The fraction of sp³-hybridized carbons (Fsp3) is 0.517. The summed E-state index contributed by atoms with van der Waals surface area (Å²) in [5.74, 6) is -4.12. The molecule has 2 heterocycles. The lowest BCUT2D eigenvalue weighted by molar-refractivity contribution is -0.155. The van der Waals surface area contributed by atoms with Gasteiger partial charge in [0.25, 0.3) is 11.8 Å². The van der Waals surface area contributed by atoms with E-state index in [-0.39, 0.29) is 69.9 Å². The molecule has 0 aliphatic carbocycles. The van der Waals surface area contributed by atoms with Crippen LogP contribution >= 0.6 is 0 Å². The monoisotopic (exact) mass is 1060 g/mol. The highest BCUT2D eigenvalue weighted by molar-refractivity contribution is 5.99. The lowest BCUT2D eigenvalue weighted by Crippen LogP contribution is -2.51. The molecular weight excluding hydrogens is 977 g/mol. The van der Waals surface area contributed by atoms with Crippen molar-refractivity contribution in [1.82, 2.24) is 20.2 Å². The number of carboxylic acid groups (broad SMARTS) is 1. The average molecular weight is 1060 g/mol. The summed E-state index contributed by atoms with van der Waals surface area (Å²) in [6, 6.07) is 12.8. The highest BCUT2D eigenvalue weighted by Gasteiger charge is 2.39. The van der Waals surface area contributed by atoms with Crippen LogP contribution in [0.5, 0.6) is 23.0 Å². The number of benzene rings is 2.